The molecule has 10 rings (SSSR count). The van der Waals surface area contributed by atoms with Gasteiger partial charge in [-0.25, -0.2) is 0 Å². The third-order valence-electron chi connectivity index (χ3n) is 10.5. The number of rotatable bonds is 5. The van der Waals surface area contributed by atoms with E-state index in [2.05, 4.69) is 196 Å². The molecule has 2 N–H and O–H groups in total. The minimum absolute atomic E-state index is 0.0424. The molecule has 240 valence electrons. The first-order chi connectivity index (χ1) is 24.8. The van der Waals surface area contributed by atoms with Crippen LogP contribution < -0.4 is 10.6 Å². The number of fused-ring (bicyclic) bond motifs is 6. The standard InChI is InChI=1S/C46H36N4/c1-4-15-31(16-5-1)40-29-41(32-17-6-2-7-18-32)48-46(47-40)33-19-14-22-35(27-33)50-43-26-13-11-24-37(43)39-28-38-36-23-10-12-25-42(36)49(44(38)30-45(39)50)34-20-8-3-9-21-34/h1-26,28-30,33,40,46-48H,27H2. The second kappa shape index (κ2) is 11.8. The van der Waals surface area contributed by atoms with Gasteiger partial charge in [-0.2, -0.15) is 0 Å². The zero-order valence-electron chi connectivity index (χ0n) is 27.6. The van der Waals surface area contributed by atoms with Crippen molar-refractivity contribution in [3.8, 4) is 5.69 Å². The Morgan fingerprint density at radius 1 is 0.540 bits per heavy atom. The summed E-state index contributed by atoms with van der Waals surface area (Å²) in [6.45, 7) is 0. The van der Waals surface area contributed by atoms with Crippen LogP contribution in [0.5, 0.6) is 0 Å². The average molecular weight is 645 g/mol. The maximum atomic E-state index is 3.97. The molecular weight excluding hydrogens is 609 g/mol. The lowest BCUT2D eigenvalue weighted by Gasteiger charge is -2.37. The average Bonchev–Trinajstić information content (AvgIpc) is 3.70. The van der Waals surface area contributed by atoms with Gasteiger partial charge in [-0.1, -0.05) is 127 Å². The highest BCUT2D eigenvalue weighted by molar-refractivity contribution is 6.19. The number of hydrogen-bond acceptors (Lipinski definition) is 2. The van der Waals surface area contributed by atoms with Crippen molar-refractivity contribution < 1.29 is 0 Å². The fourth-order valence-electron chi connectivity index (χ4n) is 8.22. The number of aromatic nitrogens is 2. The van der Waals surface area contributed by atoms with E-state index in [0.29, 0.717) is 0 Å². The van der Waals surface area contributed by atoms with E-state index in [9.17, 15) is 0 Å². The summed E-state index contributed by atoms with van der Waals surface area (Å²) >= 11 is 0. The molecular formula is C46H36N4. The van der Waals surface area contributed by atoms with Gasteiger partial charge in [-0.3, -0.25) is 5.32 Å². The van der Waals surface area contributed by atoms with Crippen molar-refractivity contribution in [3.63, 3.8) is 0 Å². The summed E-state index contributed by atoms with van der Waals surface area (Å²) < 4.78 is 4.93. The van der Waals surface area contributed by atoms with Gasteiger partial charge < -0.3 is 14.5 Å². The Balaban J connectivity index is 1.10. The lowest BCUT2D eigenvalue weighted by Crippen LogP contribution is -2.50. The molecule has 0 bridgehead atoms. The summed E-state index contributed by atoms with van der Waals surface area (Å²) in [5.74, 6) is 0.226. The molecule has 2 aromatic heterocycles. The predicted octanol–water partition coefficient (Wildman–Crippen LogP) is 10.6. The van der Waals surface area contributed by atoms with E-state index in [1.54, 1.807) is 0 Å². The monoisotopic (exact) mass is 644 g/mol. The van der Waals surface area contributed by atoms with Crippen molar-refractivity contribution in [2.45, 2.75) is 18.6 Å². The van der Waals surface area contributed by atoms with Crippen molar-refractivity contribution in [3.05, 3.63) is 187 Å². The van der Waals surface area contributed by atoms with Gasteiger partial charge in [-0.05, 0) is 66.1 Å². The van der Waals surface area contributed by atoms with Crippen molar-refractivity contribution in [1.82, 2.24) is 19.8 Å². The van der Waals surface area contributed by atoms with Gasteiger partial charge in [-0.15, -0.1) is 0 Å². The summed E-state index contributed by atoms with van der Waals surface area (Å²) in [6.07, 6.45) is 10.2. The number of nitrogens with zero attached hydrogens (tertiary/aromatic N) is 2. The minimum Gasteiger partial charge on any atom is -0.369 e. The van der Waals surface area contributed by atoms with Gasteiger partial charge >= 0.3 is 0 Å². The largest absolute Gasteiger partial charge is 0.369 e. The summed E-state index contributed by atoms with van der Waals surface area (Å²) in [5.41, 5.74) is 11.0. The molecule has 0 radical (unpaired) electrons. The van der Waals surface area contributed by atoms with Crippen LogP contribution in [0.25, 0.3) is 60.7 Å². The second-order valence-corrected chi connectivity index (χ2v) is 13.5. The van der Waals surface area contributed by atoms with E-state index >= 15 is 0 Å². The third kappa shape index (κ3) is 4.72. The second-order valence-electron chi connectivity index (χ2n) is 13.5. The first-order valence-electron chi connectivity index (χ1n) is 17.5. The Labute approximate surface area is 291 Å². The van der Waals surface area contributed by atoms with Crippen molar-refractivity contribution >= 4 is 55.0 Å². The smallest absolute Gasteiger partial charge is 0.0843 e. The number of nitrogens with one attached hydrogen (secondary N) is 2. The number of hydrogen-bond donors (Lipinski definition) is 2. The van der Waals surface area contributed by atoms with Gasteiger partial charge in [0.05, 0.1) is 34.3 Å². The zero-order valence-corrected chi connectivity index (χ0v) is 27.6. The Bertz CT molecular complexity index is 2620. The zero-order chi connectivity index (χ0) is 33.0. The number of benzene rings is 6. The number of para-hydroxylation sites is 3. The molecule has 0 amide bonds. The first-order valence-corrected chi connectivity index (χ1v) is 17.5. The molecule has 0 saturated carbocycles. The van der Waals surface area contributed by atoms with Crippen molar-refractivity contribution in [2.24, 2.45) is 5.92 Å². The Kier molecular flexibility index (Phi) is 6.81. The highest BCUT2D eigenvalue weighted by Crippen LogP contribution is 2.41. The molecule has 8 aromatic rings. The molecule has 0 saturated heterocycles. The van der Waals surface area contributed by atoms with Crippen LogP contribution in [0.1, 0.15) is 23.6 Å². The van der Waals surface area contributed by atoms with Gasteiger partial charge in [0.25, 0.3) is 0 Å². The molecule has 0 spiro atoms. The maximum Gasteiger partial charge on any atom is 0.0843 e. The van der Waals surface area contributed by atoms with Crippen LogP contribution in [0.4, 0.5) is 0 Å². The first kappa shape index (κ1) is 28.9. The number of allylic oxidation sites excluding steroid dienone is 3. The van der Waals surface area contributed by atoms with E-state index in [4.69, 9.17) is 0 Å². The summed E-state index contributed by atoms with van der Waals surface area (Å²) in [7, 11) is 0. The molecule has 1 aliphatic carbocycles. The Morgan fingerprint density at radius 3 is 1.86 bits per heavy atom. The van der Waals surface area contributed by atoms with Crippen LogP contribution in [0.3, 0.4) is 0 Å². The van der Waals surface area contributed by atoms with E-state index < -0.39 is 0 Å². The third-order valence-corrected chi connectivity index (χ3v) is 10.5. The Hall–Kier alpha value is -6.10. The van der Waals surface area contributed by atoms with Crippen LogP contribution in [0.2, 0.25) is 0 Å². The summed E-state index contributed by atoms with van der Waals surface area (Å²) in [4.78, 5) is 0. The van der Waals surface area contributed by atoms with Gasteiger partial charge in [0, 0.05) is 44.5 Å². The van der Waals surface area contributed by atoms with Crippen LogP contribution in [0.15, 0.2) is 176 Å². The fourth-order valence-corrected chi connectivity index (χ4v) is 8.22. The molecule has 0 fully saturated rings. The minimum atomic E-state index is 0.0424. The van der Waals surface area contributed by atoms with Gasteiger partial charge in [0.1, 0.15) is 0 Å². The van der Waals surface area contributed by atoms with Gasteiger partial charge in [0.15, 0.2) is 0 Å². The highest BCUT2D eigenvalue weighted by Gasteiger charge is 2.30. The fraction of sp³-hybridized carbons (Fsp3) is 0.0870. The van der Waals surface area contributed by atoms with Gasteiger partial charge in [0.2, 0.25) is 0 Å². The topological polar surface area (TPSA) is 33.9 Å². The molecule has 4 heteroatoms. The van der Waals surface area contributed by atoms with E-state index in [1.807, 2.05) is 0 Å². The lowest BCUT2D eigenvalue weighted by atomic mass is 9.91. The maximum absolute atomic E-state index is 3.97. The van der Waals surface area contributed by atoms with E-state index in [1.165, 1.54) is 71.8 Å². The van der Waals surface area contributed by atoms with Crippen LogP contribution in [0, 0.1) is 5.92 Å². The summed E-state index contributed by atoms with van der Waals surface area (Å²) in [5, 5.41) is 13.0. The molecule has 3 heterocycles. The summed E-state index contributed by atoms with van der Waals surface area (Å²) in [6, 6.07) is 54.8. The Morgan fingerprint density at radius 2 is 1.14 bits per heavy atom. The predicted molar refractivity (Wildman–Crippen MR) is 209 cm³/mol. The van der Waals surface area contributed by atoms with Crippen molar-refractivity contribution in [2.75, 3.05) is 0 Å². The SMILES string of the molecule is C1=CC(C2NC(c3ccccc3)=CC(c3ccccc3)N2)CC(n2c3ccccc3c3cc4c5ccccc5n(-c5ccccc5)c4cc32)=C1. The van der Waals surface area contributed by atoms with Crippen LogP contribution in [-0.2, 0) is 0 Å². The molecule has 3 atom stereocenters. The van der Waals surface area contributed by atoms with Crippen LogP contribution in [-0.4, -0.2) is 15.3 Å². The molecule has 4 nitrogen and oxygen atoms in total. The van der Waals surface area contributed by atoms with E-state index in [-0.39, 0.29) is 18.1 Å². The lowest BCUT2D eigenvalue weighted by molar-refractivity contribution is 0.347. The highest BCUT2D eigenvalue weighted by atomic mass is 15.2. The van der Waals surface area contributed by atoms with Crippen LogP contribution >= 0.6 is 0 Å². The molecule has 6 aromatic carbocycles. The van der Waals surface area contributed by atoms with Crippen molar-refractivity contribution in [1.29, 1.82) is 0 Å². The molecule has 2 aliphatic rings. The normalized spacial score (nSPS) is 19.2. The molecule has 50 heavy (non-hydrogen) atoms. The van der Waals surface area contributed by atoms with E-state index in [0.717, 1.165) is 6.42 Å². The molecule has 3 unspecified atom stereocenters. The quantitative estimate of drug-likeness (QED) is 0.196. The molecule has 1 aliphatic heterocycles.